The highest BCUT2D eigenvalue weighted by Gasteiger charge is 2.46. The van der Waals surface area contributed by atoms with Crippen LogP contribution in [-0.2, 0) is 14.3 Å². The van der Waals surface area contributed by atoms with E-state index < -0.39 is 35.5 Å². The molecule has 0 bridgehead atoms. The van der Waals surface area contributed by atoms with E-state index in [1.54, 1.807) is 20.8 Å². The molecular weight excluding hydrogens is 292 g/mol. The van der Waals surface area contributed by atoms with Crippen molar-refractivity contribution in [2.24, 2.45) is 5.11 Å². The summed E-state index contributed by atoms with van der Waals surface area (Å²) in [6.45, 7) is 6.36. The summed E-state index contributed by atoms with van der Waals surface area (Å²) < 4.78 is 10.1. The molecule has 1 aliphatic rings. The first-order valence-electron chi connectivity index (χ1n) is 7.01. The smallest absolute Gasteiger partial charge is 0.407 e. The minimum absolute atomic E-state index is 0.0739. The van der Waals surface area contributed by atoms with E-state index in [1.165, 1.54) is 0 Å². The number of hydrogen-bond donors (Lipinski definition) is 2. The van der Waals surface area contributed by atoms with E-state index in [9.17, 15) is 14.7 Å². The van der Waals surface area contributed by atoms with Crippen molar-refractivity contribution in [3.05, 3.63) is 10.4 Å². The molecule has 0 radical (unpaired) electrons. The molecule has 1 rings (SSSR count). The van der Waals surface area contributed by atoms with Crippen molar-refractivity contribution < 1.29 is 24.2 Å². The topological polar surface area (TPSA) is 134 Å². The Labute approximate surface area is 128 Å². The van der Waals surface area contributed by atoms with Crippen LogP contribution in [0.3, 0.4) is 0 Å². The molecule has 3 unspecified atom stereocenters. The lowest BCUT2D eigenvalue weighted by Gasteiger charge is -2.40. The summed E-state index contributed by atoms with van der Waals surface area (Å²) >= 11 is 0. The zero-order valence-electron chi connectivity index (χ0n) is 13.2. The number of aliphatic hydroxyl groups is 1. The summed E-state index contributed by atoms with van der Waals surface area (Å²) in [7, 11) is 0. The number of esters is 1. The molecule has 9 heteroatoms. The molecule has 3 atom stereocenters. The summed E-state index contributed by atoms with van der Waals surface area (Å²) in [4.78, 5) is 25.6. The number of nitrogens with zero attached hydrogens (tertiary/aromatic N) is 3. The average Bonchev–Trinajstić information content (AvgIpc) is 2.29. The third-order valence-corrected chi connectivity index (χ3v) is 3.08. The molecule has 0 spiro atoms. The Morgan fingerprint density at radius 3 is 2.55 bits per heavy atom. The van der Waals surface area contributed by atoms with Gasteiger partial charge in [0.15, 0.2) is 0 Å². The van der Waals surface area contributed by atoms with Gasteiger partial charge in [-0.25, -0.2) is 4.79 Å². The van der Waals surface area contributed by atoms with E-state index in [4.69, 9.17) is 15.0 Å². The Kier molecular flexibility index (Phi) is 5.62. The Morgan fingerprint density at radius 1 is 1.41 bits per heavy atom. The minimum Gasteiger partial charge on any atom is -0.444 e. The van der Waals surface area contributed by atoms with E-state index in [2.05, 4.69) is 15.3 Å². The van der Waals surface area contributed by atoms with Gasteiger partial charge < -0.3 is 19.9 Å². The maximum atomic E-state index is 11.8. The molecule has 1 saturated carbocycles. The van der Waals surface area contributed by atoms with Crippen molar-refractivity contribution in [1.29, 1.82) is 0 Å². The van der Waals surface area contributed by atoms with Crippen LogP contribution in [0.4, 0.5) is 4.79 Å². The molecule has 0 aromatic rings. The van der Waals surface area contributed by atoms with Gasteiger partial charge in [0.05, 0.1) is 0 Å². The van der Waals surface area contributed by atoms with Crippen molar-refractivity contribution in [3.63, 3.8) is 0 Å². The number of alkyl carbamates (subject to hydrolysis) is 1. The third kappa shape index (κ3) is 5.42. The van der Waals surface area contributed by atoms with E-state index in [-0.39, 0.29) is 12.8 Å². The normalized spacial score (nSPS) is 28.2. The quantitative estimate of drug-likeness (QED) is 0.270. The predicted molar refractivity (Wildman–Crippen MR) is 76.7 cm³/mol. The molecule has 1 amide bonds. The van der Waals surface area contributed by atoms with Crippen molar-refractivity contribution in [1.82, 2.24) is 5.32 Å². The largest absolute Gasteiger partial charge is 0.444 e. The van der Waals surface area contributed by atoms with Crippen molar-refractivity contribution >= 4 is 12.1 Å². The Bertz CT molecular complexity index is 483. The van der Waals surface area contributed by atoms with E-state index in [1.807, 2.05) is 0 Å². The molecule has 2 N–H and O–H groups in total. The molecule has 124 valence electrons. The number of azide groups is 1. The highest BCUT2D eigenvalue weighted by Crippen LogP contribution is 2.32. The number of carbonyl (C=O) groups excluding carboxylic acids is 2. The fourth-order valence-electron chi connectivity index (χ4n) is 2.34. The molecular formula is C13H22N4O5. The highest BCUT2D eigenvalue weighted by atomic mass is 16.7. The second kappa shape index (κ2) is 6.85. The minimum atomic E-state index is -1.93. The standard InChI is InChI=1S/C13H22N4O5/c1-8(18)21-13(20)7-9(5-6-10(13)16-17-14)15-11(19)22-12(2,3)4/h9-10,20H,5-7H2,1-4H3,(H,15,19). The second-order valence-electron chi connectivity index (χ2n) is 6.28. The third-order valence-electron chi connectivity index (χ3n) is 3.08. The van der Waals surface area contributed by atoms with E-state index >= 15 is 0 Å². The number of nitrogens with one attached hydrogen (secondary N) is 1. The lowest BCUT2D eigenvalue weighted by Crippen LogP contribution is -2.55. The highest BCUT2D eigenvalue weighted by molar-refractivity contribution is 5.68. The van der Waals surface area contributed by atoms with Crippen LogP contribution in [-0.4, -0.2) is 40.6 Å². The molecule has 0 aliphatic heterocycles. The number of rotatable bonds is 3. The summed E-state index contributed by atoms with van der Waals surface area (Å²) in [6.07, 6.45) is 0.0426. The van der Waals surface area contributed by atoms with Crippen molar-refractivity contribution in [3.8, 4) is 0 Å². The molecule has 0 heterocycles. The molecule has 0 aromatic carbocycles. The van der Waals surface area contributed by atoms with Crippen molar-refractivity contribution in [2.45, 2.75) is 70.4 Å². The van der Waals surface area contributed by atoms with Gasteiger partial charge in [0.1, 0.15) is 11.6 Å². The monoisotopic (exact) mass is 314 g/mol. The van der Waals surface area contributed by atoms with Crippen LogP contribution in [0.15, 0.2) is 5.11 Å². The van der Waals surface area contributed by atoms with Gasteiger partial charge in [-0.1, -0.05) is 5.11 Å². The van der Waals surface area contributed by atoms with Gasteiger partial charge in [-0.05, 0) is 39.1 Å². The van der Waals surface area contributed by atoms with Crippen LogP contribution < -0.4 is 5.32 Å². The predicted octanol–water partition coefficient (Wildman–Crippen LogP) is 1.99. The Balaban J connectivity index is 2.76. The first kappa shape index (κ1) is 18.1. The van der Waals surface area contributed by atoms with Gasteiger partial charge in [-0.2, -0.15) is 0 Å². The number of hydrogen-bond acceptors (Lipinski definition) is 6. The molecule has 0 aromatic heterocycles. The fraction of sp³-hybridized carbons (Fsp3) is 0.846. The van der Waals surface area contributed by atoms with Gasteiger partial charge in [-0.3, -0.25) is 4.79 Å². The van der Waals surface area contributed by atoms with Crippen molar-refractivity contribution in [2.75, 3.05) is 0 Å². The second-order valence-corrected chi connectivity index (χ2v) is 6.28. The zero-order valence-corrected chi connectivity index (χ0v) is 13.2. The fourth-order valence-corrected chi connectivity index (χ4v) is 2.34. The summed E-state index contributed by atoms with van der Waals surface area (Å²) in [5, 5.41) is 16.5. The van der Waals surface area contributed by atoms with Gasteiger partial charge in [-0.15, -0.1) is 0 Å². The molecule has 0 saturated heterocycles. The number of ether oxygens (including phenoxy) is 2. The molecule has 1 fully saturated rings. The van der Waals surface area contributed by atoms with Crippen LogP contribution in [0.1, 0.15) is 47.0 Å². The Hall–Kier alpha value is -1.99. The van der Waals surface area contributed by atoms with Crippen LogP contribution in [0, 0.1) is 0 Å². The lowest BCUT2D eigenvalue weighted by molar-refractivity contribution is -0.227. The van der Waals surface area contributed by atoms with Crippen LogP contribution in [0.25, 0.3) is 10.4 Å². The number of amides is 1. The summed E-state index contributed by atoms with van der Waals surface area (Å²) in [6, 6.07) is -1.34. The summed E-state index contributed by atoms with van der Waals surface area (Å²) in [5.41, 5.74) is 7.90. The molecule has 9 nitrogen and oxygen atoms in total. The lowest BCUT2D eigenvalue weighted by atomic mass is 9.86. The molecule has 22 heavy (non-hydrogen) atoms. The van der Waals surface area contributed by atoms with Crippen LogP contribution in [0.5, 0.6) is 0 Å². The van der Waals surface area contributed by atoms with E-state index in [0.29, 0.717) is 6.42 Å². The number of carbonyl (C=O) groups is 2. The van der Waals surface area contributed by atoms with Gasteiger partial charge >= 0.3 is 12.1 Å². The van der Waals surface area contributed by atoms with Crippen LogP contribution >= 0.6 is 0 Å². The first-order valence-corrected chi connectivity index (χ1v) is 7.01. The maximum Gasteiger partial charge on any atom is 0.407 e. The average molecular weight is 314 g/mol. The first-order chi connectivity index (χ1) is 10.1. The maximum absolute atomic E-state index is 11.8. The van der Waals surface area contributed by atoms with Gasteiger partial charge in [0.25, 0.3) is 0 Å². The zero-order chi connectivity index (χ0) is 17.0. The molecule has 1 aliphatic carbocycles. The van der Waals surface area contributed by atoms with Gasteiger partial charge in [0.2, 0.25) is 5.79 Å². The Morgan fingerprint density at radius 2 is 2.05 bits per heavy atom. The SMILES string of the molecule is CC(=O)OC1(O)CC(NC(=O)OC(C)(C)C)CCC1N=[N+]=[N-]. The van der Waals surface area contributed by atoms with Crippen LogP contribution in [0.2, 0.25) is 0 Å². The van der Waals surface area contributed by atoms with E-state index in [0.717, 1.165) is 6.92 Å². The van der Waals surface area contributed by atoms with Gasteiger partial charge in [0, 0.05) is 24.3 Å². The summed E-state index contributed by atoms with van der Waals surface area (Å²) in [5.74, 6) is -2.63.